The Morgan fingerprint density at radius 1 is 1.00 bits per heavy atom. The second kappa shape index (κ2) is 8.78. The summed E-state index contributed by atoms with van der Waals surface area (Å²) >= 11 is 0. The first-order chi connectivity index (χ1) is 11.9. The number of carbonyl (C=O) groups excluding carboxylic acids is 1. The van der Waals surface area contributed by atoms with Gasteiger partial charge in [-0.1, -0.05) is 61.5 Å². The first kappa shape index (κ1) is 19.1. The smallest absolute Gasteiger partial charge is 0.220 e. The molecule has 0 heterocycles. The van der Waals surface area contributed by atoms with Gasteiger partial charge in [0.15, 0.2) is 0 Å². The molecule has 134 valence electrons. The van der Waals surface area contributed by atoms with E-state index in [1.807, 2.05) is 49.4 Å². The minimum Gasteiger partial charge on any atom is -0.352 e. The molecule has 1 unspecified atom stereocenters. The first-order valence-electron chi connectivity index (χ1n) is 8.20. The number of amides is 1. The van der Waals surface area contributed by atoms with Crippen molar-refractivity contribution in [3.05, 3.63) is 71.3 Å². The third-order valence-electron chi connectivity index (χ3n) is 4.04. The molecule has 0 aliphatic heterocycles. The quantitative estimate of drug-likeness (QED) is 0.760. The molecule has 5 nitrogen and oxygen atoms in total. The molecule has 0 aliphatic carbocycles. The van der Waals surface area contributed by atoms with Crippen LogP contribution in [0.5, 0.6) is 0 Å². The van der Waals surface area contributed by atoms with Crippen molar-refractivity contribution in [1.82, 2.24) is 10.0 Å². The molecule has 6 heteroatoms. The molecule has 0 aromatic heterocycles. The van der Waals surface area contributed by atoms with Crippen molar-refractivity contribution in [3.8, 4) is 0 Å². The highest BCUT2D eigenvalue weighted by molar-refractivity contribution is 7.88. The maximum Gasteiger partial charge on any atom is 0.220 e. The zero-order valence-corrected chi connectivity index (χ0v) is 15.3. The van der Waals surface area contributed by atoms with E-state index in [-0.39, 0.29) is 17.6 Å². The van der Waals surface area contributed by atoms with E-state index in [2.05, 4.69) is 10.0 Å². The van der Waals surface area contributed by atoms with Crippen LogP contribution >= 0.6 is 0 Å². The Morgan fingerprint density at radius 2 is 1.60 bits per heavy atom. The summed E-state index contributed by atoms with van der Waals surface area (Å²) in [5.41, 5.74) is 2.79. The summed E-state index contributed by atoms with van der Waals surface area (Å²) in [6.45, 7) is 2.46. The highest BCUT2D eigenvalue weighted by Crippen LogP contribution is 2.18. The van der Waals surface area contributed by atoms with Crippen molar-refractivity contribution in [2.45, 2.75) is 31.6 Å². The SMILES string of the molecule is CNS(=O)(=O)Cc1ccc(CNC(=O)CC(C)c2ccccc2)cc1. The fraction of sp³-hybridized carbons (Fsp3) is 0.316. The number of sulfonamides is 1. The highest BCUT2D eigenvalue weighted by Gasteiger charge is 2.11. The van der Waals surface area contributed by atoms with Crippen LogP contribution < -0.4 is 10.0 Å². The largest absolute Gasteiger partial charge is 0.352 e. The van der Waals surface area contributed by atoms with Crippen LogP contribution in [-0.4, -0.2) is 21.4 Å². The molecule has 1 amide bonds. The molecule has 0 radical (unpaired) electrons. The zero-order valence-electron chi connectivity index (χ0n) is 14.5. The summed E-state index contributed by atoms with van der Waals surface area (Å²) < 4.78 is 25.3. The summed E-state index contributed by atoms with van der Waals surface area (Å²) in [4.78, 5) is 12.1. The molecule has 2 aromatic rings. The Kier molecular flexibility index (Phi) is 6.73. The number of nitrogens with one attached hydrogen (secondary N) is 2. The lowest BCUT2D eigenvalue weighted by molar-refractivity contribution is -0.121. The van der Waals surface area contributed by atoms with Crippen molar-refractivity contribution in [1.29, 1.82) is 0 Å². The van der Waals surface area contributed by atoms with Gasteiger partial charge in [-0.2, -0.15) is 0 Å². The van der Waals surface area contributed by atoms with Crippen molar-refractivity contribution in [2.24, 2.45) is 0 Å². The molecule has 0 saturated heterocycles. The lowest BCUT2D eigenvalue weighted by atomic mass is 9.97. The fourth-order valence-electron chi connectivity index (χ4n) is 2.50. The normalized spacial score (nSPS) is 12.6. The van der Waals surface area contributed by atoms with Gasteiger partial charge in [0.1, 0.15) is 0 Å². The van der Waals surface area contributed by atoms with E-state index in [9.17, 15) is 13.2 Å². The Labute approximate surface area is 149 Å². The zero-order chi connectivity index (χ0) is 18.3. The van der Waals surface area contributed by atoms with Gasteiger partial charge in [-0.25, -0.2) is 13.1 Å². The van der Waals surface area contributed by atoms with Gasteiger partial charge in [-0.05, 0) is 29.7 Å². The van der Waals surface area contributed by atoms with Crippen LogP contribution in [0.3, 0.4) is 0 Å². The molecule has 0 fully saturated rings. The molecule has 2 N–H and O–H groups in total. The van der Waals surface area contributed by atoms with E-state index in [1.165, 1.54) is 7.05 Å². The van der Waals surface area contributed by atoms with Gasteiger partial charge in [-0.3, -0.25) is 4.79 Å². The van der Waals surface area contributed by atoms with E-state index in [0.717, 1.165) is 11.1 Å². The summed E-state index contributed by atoms with van der Waals surface area (Å²) in [5.74, 6) is 0.110. The Morgan fingerprint density at radius 3 is 2.20 bits per heavy atom. The Balaban J connectivity index is 1.83. The van der Waals surface area contributed by atoms with Gasteiger partial charge >= 0.3 is 0 Å². The highest BCUT2D eigenvalue weighted by atomic mass is 32.2. The molecular formula is C19H24N2O3S. The third-order valence-corrected chi connectivity index (χ3v) is 5.38. The molecule has 0 spiro atoms. The summed E-state index contributed by atoms with van der Waals surface area (Å²) in [6.07, 6.45) is 0.433. The van der Waals surface area contributed by atoms with Crippen LogP contribution in [-0.2, 0) is 27.1 Å². The number of rotatable bonds is 8. The van der Waals surface area contributed by atoms with E-state index in [0.29, 0.717) is 18.5 Å². The van der Waals surface area contributed by atoms with Crippen molar-refractivity contribution < 1.29 is 13.2 Å². The first-order valence-corrected chi connectivity index (χ1v) is 9.85. The van der Waals surface area contributed by atoms with Crippen LogP contribution in [0.2, 0.25) is 0 Å². The van der Waals surface area contributed by atoms with Gasteiger partial charge in [-0.15, -0.1) is 0 Å². The molecule has 2 rings (SSSR count). The second-order valence-corrected chi connectivity index (χ2v) is 8.00. The lowest BCUT2D eigenvalue weighted by Gasteiger charge is -2.12. The van der Waals surface area contributed by atoms with Crippen molar-refractivity contribution in [3.63, 3.8) is 0 Å². The molecule has 0 bridgehead atoms. The summed E-state index contributed by atoms with van der Waals surface area (Å²) in [7, 11) is -1.87. The van der Waals surface area contributed by atoms with E-state index in [1.54, 1.807) is 12.1 Å². The van der Waals surface area contributed by atoms with E-state index >= 15 is 0 Å². The van der Waals surface area contributed by atoms with Crippen molar-refractivity contribution in [2.75, 3.05) is 7.05 Å². The molecular weight excluding hydrogens is 336 g/mol. The molecule has 1 atom stereocenters. The maximum absolute atomic E-state index is 12.1. The maximum atomic E-state index is 12.1. The molecule has 0 saturated carbocycles. The standard InChI is InChI=1S/C19H24N2O3S/c1-15(18-6-4-3-5-7-18)12-19(22)21-13-16-8-10-17(11-9-16)14-25(23,24)20-2/h3-11,15,20H,12-14H2,1-2H3,(H,21,22). The number of hydrogen-bond donors (Lipinski definition) is 2. The van der Waals surface area contributed by atoms with Crippen LogP contribution in [0.4, 0.5) is 0 Å². The van der Waals surface area contributed by atoms with E-state index in [4.69, 9.17) is 0 Å². The van der Waals surface area contributed by atoms with Crippen LogP contribution in [0.1, 0.15) is 36.0 Å². The van der Waals surface area contributed by atoms with Gasteiger partial charge < -0.3 is 5.32 Å². The predicted octanol–water partition coefficient (Wildman–Crippen LogP) is 2.55. The Hall–Kier alpha value is -2.18. The van der Waals surface area contributed by atoms with Crippen molar-refractivity contribution >= 4 is 15.9 Å². The summed E-state index contributed by atoms with van der Waals surface area (Å²) in [5, 5.41) is 2.91. The van der Waals surface area contributed by atoms with E-state index < -0.39 is 10.0 Å². The lowest BCUT2D eigenvalue weighted by Crippen LogP contribution is -2.24. The molecule has 25 heavy (non-hydrogen) atoms. The minimum atomic E-state index is -3.27. The Bertz CT molecular complexity index is 787. The number of benzene rings is 2. The molecule has 0 aliphatic rings. The predicted molar refractivity (Wildman–Crippen MR) is 99.4 cm³/mol. The van der Waals surface area contributed by atoms with Crippen LogP contribution in [0.15, 0.2) is 54.6 Å². The monoisotopic (exact) mass is 360 g/mol. The topological polar surface area (TPSA) is 75.3 Å². The van der Waals surface area contributed by atoms with Gasteiger partial charge in [0.2, 0.25) is 15.9 Å². The average molecular weight is 360 g/mol. The van der Waals surface area contributed by atoms with Crippen LogP contribution in [0.25, 0.3) is 0 Å². The van der Waals surface area contributed by atoms with Gasteiger partial charge in [0, 0.05) is 13.0 Å². The third kappa shape index (κ3) is 6.32. The van der Waals surface area contributed by atoms with Gasteiger partial charge in [0.05, 0.1) is 5.75 Å². The molecule has 2 aromatic carbocycles. The number of hydrogen-bond acceptors (Lipinski definition) is 3. The second-order valence-electron chi connectivity index (χ2n) is 6.07. The fourth-order valence-corrected chi connectivity index (χ4v) is 3.27. The summed E-state index contributed by atoms with van der Waals surface area (Å²) in [6, 6.07) is 17.2. The van der Waals surface area contributed by atoms with Gasteiger partial charge in [0.25, 0.3) is 0 Å². The number of carbonyl (C=O) groups is 1. The van der Waals surface area contributed by atoms with Crippen LogP contribution in [0, 0.1) is 0 Å². The minimum absolute atomic E-state index is 0.00168. The average Bonchev–Trinajstić information content (AvgIpc) is 2.61.